The Morgan fingerprint density at radius 2 is 1.67 bits per heavy atom. The van der Waals surface area contributed by atoms with Gasteiger partial charge in [0.1, 0.15) is 17.2 Å². The van der Waals surface area contributed by atoms with Crippen molar-refractivity contribution in [3.8, 4) is 0 Å². The Labute approximate surface area is 189 Å². The number of hydrogen-bond acceptors (Lipinski definition) is 3. The molecular formula is C25H24F2N4O2. The fourth-order valence-electron chi connectivity index (χ4n) is 4.60. The number of nitrogens with zero attached hydrogens (tertiary/aromatic N) is 4. The molecule has 0 saturated carbocycles. The number of aromatic nitrogens is 2. The number of piperazine rings is 1. The van der Waals surface area contributed by atoms with Crippen molar-refractivity contribution in [1.82, 2.24) is 13.9 Å². The lowest BCUT2D eigenvalue weighted by atomic mass is 10.2. The summed E-state index contributed by atoms with van der Waals surface area (Å²) < 4.78 is 31.3. The molecule has 5 rings (SSSR count). The van der Waals surface area contributed by atoms with Gasteiger partial charge in [0, 0.05) is 45.3 Å². The summed E-state index contributed by atoms with van der Waals surface area (Å²) >= 11 is 0. The topological polar surface area (TPSA) is 50.0 Å². The van der Waals surface area contributed by atoms with Crippen LogP contribution in [0.5, 0.6) is 0 Å². The van der Waals surface area contributed by atoms with Gasteiger partial charge in [-0.05, 0) is 48.9 Å². The summed E-state index contributed by atoms with van der Waals surface area (Å²) in [5.74, 6) is -0.659. The fraction of sp³-hybridized carbons (Fsp3) is 0.280. The molecule has 0 unspecified atom stereocenters. The Kier molecular flexibility index (Phi) is 5.58. The Hall–Kier alpha value is -3.68. The van der Waals surface area contributed by atoms with E-state index >= 15 is 0 Å². The largest absolute Gasteiger partial charge is 0.366 e. The van der Waals surface area contributed by atoms with Crippen LogP contribution in [0.4, 0.5) is 14.5 Å². The first-order valence-electron chi connectivity index (χ1n) is 11.1. The molecule has 0 radical (unpaired) electrons. The van der Waals surface area contributed by atoms with Crippen LogP contribution in [0.2, 0.25) is 0 Å². The maximum atomic E-state index is 14.0. The maximum absolute atomic E-state index is 14.0. The molecule has 0 bridgehead atoms. The molecule has 0 spiro atoms. The number of amides is 1. The number of aryl methyl sites for hydroxylation is 1. The van der Waals surface area contributed by atoms with Crippen LogP contribution in [0.1, 0.15) is 12.8 Å². The summed E-state index contributed by atoms with van der Waals surface area (Å²) in [5, 5.41) is 0. The van der Waals surface area contributed by atoms with Crippen LogP contribution >= 0.6 is 0 Å². The van der Waals surface area contributed by atoms with E-state index in [-0.39, 0.29) is 23.7 Å². The predicted octanol–water partition coefficient (Wildman–Crippen LogP) is 3.66. The molecule has 1 aliphatic rings. The molecule has 1 fully saturated rings. The summed E-state index contributed by atoms with van der Waals surface area (Å²) in [6, 6.07) is 14.6. The third-order valence-electron chi connectivity index (χ3n) is 6.30. The molecule has 8 heteroatoms. The van der Waals surface area contributed by atoms with E-state index in [1.54, 1.807) is 56.5 Å². The van der Waals surface area contributed by atoms with Crippen LogP contribution in [0.3, 0.4) is 0 Å². The van der Waals surface area contributed by atoms with E-state index in [1.807, 2.05) is 4.90 Å². The molecule has 1 amide bonds. The number of anilines is 1. The SMILES string of the molecule is O=C(CCCn1c(=O)c2cccn2c2ccc(F)cc21)N1CCN(c2ccccc2F)CC1. The lowest BCUT2D eigenvalue weighted by Crippen LogP contribution is -2.49. The molecule has 33 heavy (non-hydrogen) atoms. The van der Waals surface area contributed by atoms with Gasteiger partial charge in [-0.25, -0.2) is 8.78 Å². The molecule has 0 N–H and O–H groups in total. The number of carbonyl (C=O) groups is 1. The van der Waals surface area contributed by atoms with Crippen molar-refractivity contribution >= 4 is 28.1 Å². The first kappa shape index (κ1) is 21.2. The molecule has 0 atom stereocenters. The van der Waals surface area contributed by atoms with Crippen LogP contribution in [0.15, 0.2) is 65.6 Å². The van der Waals surface area contributed by atoms with Gasteiger partial charge >= 0.3 is 0 Å². The molecule has 1 saturated heterocycles. The highest BCUT2D eigenvalue weighted by molar-refractivity contribution is 5.79. The predicted molar refractivity (Wildman–Crippen MR) is 124 cm³/mol. The van der Waals surface area contributed by atoms with Crippen molar-refractivity contribution in [2.24, 2.45) is 0 Å². The summed E-state index contributed by atoms with van der Waals surface area (Å²) in [4.78, 5) is 29.5. The van der Waals surface area contributed by atoms with Crippen LogP contribution in [-0.4, -0.2) is 46.0 Å². The number of carbonyl (C=O) groups excluding carboxylic acids is 1. The zero-order valence-electron chi connectivity index (χ0n) is 18.1. The van der Waals surface area contributed by atoms with E-state index in [1.165, 1.54) is 18.2 Å². The lowest BCUT2D eigenvalue weighted by molar-refractivity contribution is -0.131. The van der Waals surface area contributed by atoms with Gasteiger partial charge in [0.25, 0.3) is 5.56 Å². The number of rotatable bonds is 5. The molecule has 2 aromatic heterocycles. The van der Waals surface area contributed by atoms with Crippen molar-refractivity contribution in [3.63, 3.8) is 0 Å². The second-order valence-corrected chi connectivity index (χ2v) is 8.28. The number of fused-ring (bicyclic) bond motifs is 3. The van der Waals surface area contributed by atoms with Crippen molar-refractivity contribution < 1.29 is 13.6 Å². The van der Waals surface area contributed by atoms with Crippen LogP contribution in [0.25, 0.3) is 16.6 Å². The monoisotopic (exact) mass is 450 g/mol. The number of halogens is 2. The molecule has 2 aromatic carbocycles. The highest BCUT2D eigenvalue weighted by Gasteiger charge is 2.22. The van der Waals surface area contributed by atoms with Crippen molar-refractivity contribution in [1.29, 1.82) is 0 Å². The average Bonchev–Trinajstić information content (AvgIpc) is 3.32. The van der Waals surface area contributed by atoms with E-state index in [4.69, 9.17) is 0 Å². The Bertz CT molecular complexity index is 1390. The van der Waals surface area contributed by atoms with Gasteiger partial charge < -0.3 is 18.8 Å². The molecule has 6 nitrogen and oxygen atoms in total. The maximum Gasteiger partial charge on any atom is 0.275 e. The summed E-state index contributed by atoms with van der Waals surface area (Å²) in [6.07, 6.45) is 2.54. The van der Waals surface area contributed by atoms with Crippen LogP contribution in [0, 0.1) is 11.6 Å². The minimum Gasteiger partial charge on any atom is -0.366 e. The van der Waals surface area contributed by atoms with Gasteiger partial charge in [0.05, 0.1) is 16.7 Å². The average molecular weight is 450 g/mol. The number of para-hydroxylation sites is 1. The second kappa shape index (κ2) is 8.69. The van der Waals surface area contributed by atoms with Crippen molar-refractivity contribution in [2.45, 2.75) is 19.4 Å². The zero-order valence-corrected chi connectivity index (χ0v) is 18.1. The zero-order chi connectivity index (χ0) is 22.9. The third kappa shape index (κ3) is 3.97. The Morgan fingerprint density at radius 3 is 2.45 bits per heavy atom. The van der Waals surface area contributed by atoms with Gasteiger partial charge in [-0.3, -0.25) is 9.59 Å². The molecule has 170 valence electrons. The van der Waals surface area contributed by atoms with Gasteiger partial charge in [0.2, 0.25) is 5.91 Å². The molecule has 1 aliphatic heterocycles. The van der Waals surface area contributed by atoms with Gasteiger partial charge in [-0.15, -0.1) is 0 Å². The van der Waals surface area contributed by atoms with Crippen LogP contribution in [-0.2, 0) is 11.3 Å². The third-order valence-corrected chi connectivity index (χ3v) is 6.30. The summed E-state index contributed by atoms with van der Waals surface area (Å²) in [7, 11) is 0. The highest BCUT2D eigenvalue weighted by atomic mass is 19.1. The van der Waals surface area contributed by atoms with Gasteiger partial charge in [0.15, 0.2) is 0 Å². The summed E-state index contributed by atoms with van der Waals surface area (Å²) in [6.45, 7) is 2.51. The normalized spacial score (nSPS) is 14.4. The minimum absolute atomic E-state index is 0.00971. The molecule has 4 aromatic rings. The van der Waals surface area contributed by atoms with E-state index < -0.39 is 5.82 Å². The van der Waals surface area contributed by atoms with Gasteiger partial charge in [-0.2, -0.15) is 0 Å². The van der Waals surface area contributed by atoms with E-state index in [0.717, 1.165) is 5.52 Å². The number of hydrogen-bond donors (Lipinski definition) is 0. The van der Waals surface area contributed by atoms with Crippen LogP contribution < -0.4 is 10.5 Å². The Balaban J connectivity index is 1.25. The van der Waals surface area contributed by atoms with Crippen molar-refractivity contribution in [3.05, 3.63) is 82.8 Å². The lowest BCUT2D eigenvalue weighted by Gasteiger charge is -2.36. The molecular weight excluding hydrogens is 426 g/mol. The number of benzene rings is 2. The second-order valence-electron chi connectivity index (χ2n) is 8.28. The smallest absolute Gasteiger partial charge is 0.275 e. The first-order chi connectivity index (χ1) is 16.0. The highest BCUT2D eigenvalue weighted by Crippen LogP contribution is 2.21. The minimum atomic E-state index is -0.411. The fourth-order valence-corrected chi connectivity index (χ4v) is 4.60. The first-order valence-corrected chi connectivity index (χ1v) is 11.1. The van der Waals surface area contributed by atoms with Crippen molar-refractivity contribution in [2.75, 3.05) is 31.1 Å². The quantitative estimate of drug-likeness (QED) is 0.466. The molecule has 3 heterocycles. The molecule has 0 aliphatic carbocycles. The van der Waals surface area contributed by atoms with E-state index in [9.17, 15) is 18.4 Å². The van der Waals surface area contributed by atoms with Gasteiger partial charge in [-0.1, -0.05) is 12.1 Å². The van der Waals surface area contributed by atoms with E-state index in [2.05, 4.69) is 0 Å². The Morgan fingerprint density at radius 1 is 0.879 bits per heavy atom. The summed E-state index contributed by atoms with van der Waals surface area (Å²) in [5.41, 5.74) is 2.12. The standard InChI is InChI=1S/C25H24F2N4O2/c26-18-9-10-21-23(17-18)31(25(33)22-7-3-11-30(21)22)12-4-8-24(32)29-15-13-28(14-16-29)20-6-2-1-5-19(20)27/h1-3,5-7,9-11,17H,4,8,12-16H2. The van der Waals surface area contributed by atoms with E-state index in [0.29, 0.717) is 55.9 Å².